The van der Waals surface area contributed by atoms with Crippen molar-refractivity contribution >= 4 is 0 Å². The molecule has 1 unspecified atom stereocenters. The monoisotopic (exact) mass is 484 g/mol. The predicted molar refractivity (Wildman–Crippen MR) is 95.0 cm³/mol. The summed E-state index contributed by atoms with van der Waals surface area (Å²) >= 11 is 1.68. The number of allylic oxidation sites excluding steroid dienone is 8. The van der Waals surface area contributed by atoms with E-state index in [0.717, 1.165) is 16.5 Å². The molecule has 3 aliphatic carbocycles. The molecule has 0 spiro atoms. The number of aryl methyl sites for hydroxylation is 1. The molecule has 0 amide bonds. The van der Waals surface area contributed by atoms with Gasteiger partial charge in [-0.25, -0.2) is 0 Å². The molecule has 3 aliphatic rings. The van der Waals surface area contributed by atoms with Crippen molar-refractivity contribution in [2.75, 3.05) is 0 Å². The van der Waals surface area contributed by atoms with E-state index in [1.165, 1.54) is 12.8 Å². The normalized spacial score (nSPS) is 19.2. The summed E-state index contributed by atoms with van der Waals surface area (Å²) < 4.78 is 0.892. The summed E-state index contributed by atoms with van der Waals surface area (Å²) in [4.78, 5) is 0. The number of fused-ring (bicyclic) bond motifs is 1. The van der Waals surface area contributed by atoms with E-state index < -0.39 is 0 Å². The average Bonchev–Trinajstić information content (AvgIpc) is 3.31. The molecule has 1 atom stereocenters. The van der Waals surface area contributed by atoms with Gasteiger partial charge in [-0.3, -0.25) is 0 Å². The third-order valence-corrected chi connectivity index (χ3v) is 6.75. The van der Waals surface area contributed by atoms with Gasteiger partial charge in [-0.1, -0.05) is 61.4 Å². The Morgan fingerprint density at radius 2 is 1.42 bits per heavy atom. The van der Waals surface area contributed by atoms with E-state index in [9.17, 15) is 0 Å². The first-order valence-corrected chi connectivity index (χ1v) is 10.0. The first-order valence-electron chi connectivity index (χ1n) is 8.60. The van der Waals surface area contributed by atoms with Gasteiger partial charge < -0.3 is 37.2 Å². The van der Waals surface area contributed by atoms with Crippen molar-refractivity contribution in [1.82, 2.24) is 0 Å². The minimum absolute atomic E-state index is 0. The van der Waals surface area contributed by atoms with E-state index >= 15 is 0 Å². The molecule has 138 valence electrons. The Morgan fingerprint density at radius 1 is 0.885 bits per heavy atom. The van der Waals surface area contributed by atoms with Crippen LogP contribution in [-0.4, -0.2) is 0 Å². The maximum atomic E-state index is 2.32. The van der Waals surface area contributed by atoms with Crippen molar-refractivity contribution in [3.63, 3.8) is 0 Å². The van der Waals surface area contributed by atoms with Gasteiger partial charge in [0.1, 0.15) is 0 Å². The molecule has 0 aromatic heterocycles. The van der Waals surface area contributed by atoms with Gasteiger partial charge in [0.25, 0.3) is 0 Å². The summed E-state index contributed by atoms with van der Waals surface area (Å²) in [5.74, 6) is 0. The second-order valence-corrected chi connectivity index (χ2v) is 8.78. The summed E-state index contributed by atoms with van der Waals surface area (Å²) in [5, 5.41) is 0. The average molecular weight is 487 g/mol. The molecule has 4 heteroatoms. The molecule has 0 aliphatic heterocycles. The zero-order valence-corrected chi connectivity index (χ0v) is 20.0. The van der Waals surface area contributed by atoms with Gasteiger partial charge in [0.2, 0.25) is 0 Å². The first kappa shape index (κ1) is 25.9. The van der Waals surface area contributed by atoms with E-state index in [2.05, 4.69) is 74.6 Å². The van der Waals surface area contributed by atoms with Gasteiger partial charge in [0, 0.05) is 5.41 Å². The third-order valence-electron chi connectivity index (χ3n) is 5.28. The SMILES string of the molecule is CC(C)(C1=CC=CC1)C1=CC=CC1.[Cl-].[Cl-].[Cl-].[Zr+3][CH]1CCc2ccccc21. The number of hydrogen-bond donors (Lipinski definition) is 0. The van der Waals surface area contributed by atoms with E-state index in [0.29, 0.717) is 0 Å². The Balaban J connectivity index is 0.000000441. The standard InChI is InChI=1S/C13H16.C9H9.3ClH.Zr/c1-13(2,11-7-3-4-8-11)12-9-5-6-10-12;1-2-5-9-7-3-6-8(9)4-1;;;;/h3-7,9H,8,10H2,1-2H3;1-2,4-6H,3,7H2;3*1H;/q;;;;;+3/p-3. The van der Waals surface area contributed by atoms with Crippen LogP contribution in [0.15, 0.2) is 71.9 Å². The van der Waals surface area contributed by atoms with Crippen LogP contribution in [0, 0.1) is 5.41 Å². The number of halogens is 3. The van der Waals surface area contributed by atoms with E-state index in [-0.39, 0.29) is 42.6 Å². The van der Waals surface area contributed by atoms with Gasteiger partial charge >= 0.3 is 76.6 Å². The van der Waals surface area contributed by atoms with E-state index in [1.54, 1.807) is 47.0 Å². The van der Waals surface area contributed by atoms with Crippen molar-refractivity contribution < 1.29 is 61.9 Å². The van der Waals surface area contributed by atoms with Gasteiger partial charge in [0.15, 0.2) is 0 Å². The summed E-state index contributed by atoms with van der Waals surface area (Å²) in [6.07, 6.45) is 18.3. The van der Waals surface area contributed by atoms with Crippen molar-refractivity contribution in [3.8, 4) is 0 Å². The van der Waals surface area contributed by atoms with Crippen LogP contribution >= 0.6 is 0 Å². The fourth-order valence-electron chi connectivity index (χ4n) is 3.58. The summed E-state index contributed by atoms with van der Waals surface area (Å²) in [5.41, 5.74) is 6.54. The van der Waals surface area contributed by atoms with Gasteiger partial charge in [-0.05, 0) is 12.8 Å². The third kappa shape index (κ3) is 5.97. The molecule has 0 N–H and O–H groups in total. The van der Waals surface area contributed by atoms with Crippen molar-refractivity contribution in [1.29, 1.82) is 0 Å². The zero-order valence-electron chi connectivity index (χ0n) is 15.3. The van der Waals surface area contributed by atoms with Gasteiger partial charge in [-0.15, -0.1) is 0 Å². The molecule has 0 bridgehead atoms. The Hall–Kier alpha value is -0.0669. The fraction of sp³-hybridized carbons (Fsp3) is 0.364. The van der Waals surface area contributed by atoms with E-state index in [4.69, 9.17) is 0 Å². The molecule has 1 aromatic carbocycles. The maximum absolute atomic E-state index is 2.32. The summed E-state index contributed by atoms with van der Waals surface area (Å²) in [6.45, 7) is 4.65. The van der Waals surface area contributed by atoms with Crippen LogP contribution in [0.1, 0.15) is 47.9 Å². The van der Waals surface area contributed by atoms with Crippen LogP contribution in [0.5, 0.6) is 0 Å². The van der Waals surface area contributed by atoms with E-state index in [1.807, 2.05) is 0 Å². The molecule has 4 rings (SSSR count). The number of hydrogen-bond acceptors (Lipinski definition) is 0. The second-order valence-electron chi connectivity index (χ2n) is 7.06. The molecule has 0 radical (unpaired) electrons. The minimum atomic E-state index is 0. The van der Waals surface area contributed by atoms with Crippen molar-refractivity contribution in [2.24, 2.45) is 5.41 Å². The summed E-state index contributed by atoms with van der Waals surface area (Å²) in [7, 11) is 0. The van der Waals surface area contributed by atoms with Gasteiger partial charge in [0.05, 0.1) is 0 Å². The second kappa shape index (κ2) is 11.7. The van der Waals surface area contributed by atoms with Crippen molar-refractivity contribution in [2.45, 2.75) is 43.2 Å². The van der Waals surface area contributed by atoms with Crippen LogP contribution in [0.25, 0.3) is 0 Å². The Morgan fingerprint density at radius 3 is 1.88 bits per heavy atom. The quantitative estimate of drug-likeness (QED) is 0.418. The van der Waals surface area contributed by atoms with Gasteiger partial charge in [-0.2, -0.15) is 0 Å². The number of rotatable bonds is 2. The van der Waals surface area contributed by atoms with Crippen LogP contribution in [0.3, 0.4) is 0 Å². The van der Waals surface area contributed by atoms with Crippen LogP contribution in [-0.2, 0) is 31.1 Å². The Labute approximate surface area is 192 Å². The van der Waals surface area contributed by atoms with Crippen molar-refractivity contribution in [3.05, 3.63) is 83.0 Å². The first-order chi connectivity index (χ1) is 11.1. The fourth-order valence-corrected chi connectivity index (χ4v) is 4.63. The molecule has 0 saturated heterocycles. The molecule has 0 fully saturated rings. The van der Waals surface area contributed by atoms with Crippen LogP contribution < -0.4 is 37.2 Å². The predicted octanol–water partition coefficient (Wildman–Crippen LogP) is -2.98. The molecular formula is C22H25Cl3Zr. The molecule has 0 saturated carbocycles. The Bertz CT molecular complexity index is 667. The Kier molecular flexibility index (Phi) is 11.7. The molecule has 1 aromatic rings. The molecule has 0 heterocycles. The molecule has 26 heavy (non-hydrogen) atoms. The van der Waals surface area contributed by atoms with Crippen LogP contribution in [0.2, 0.25) is 0 Å². The molecule has 0 nitrogen and oxygen atoms in total. The van der Waals surface area contributed by atoms with Crippen LogP contribution in [0.4, 0.5) is 0 Å². The zero-order chi connectivity index (χ0) is 16.3. The summed E-state index contributed by atoms with van der Waals surface area (Å²) in [6, 6.07) is 8.84. The topological polar surface area (TPSA) is 0 Å². The molecular weight excluding hydrogens is 462 g/mol. The number of benzene rings is 1.